The first-order chi connectivity index (χ1) is 19.8. The highest BCUT2D eigenvalue weighted by atomic mass is 16.4. The Morgan fingerprint density at radius 3 is 2.29 bits per heavy atom. The molecule has 1 aliphatic rings. The van der Waals surface area contributed by atoms with Gasteiger partial charge in [0.1, 0.15) is 12.1 Å². The number of urea groups is 1. The van der Waals surface area contributed by atoms with E-state index in [0.29, 0.717) is 51.1 Å². The second-order valence-electron chi connectivity index (χ2n) is 10.4. The number of nitrogens with one attached hydrogen (secondary N) is 3. The van der Waals surface area contributed by atoms with Crippen molar-refractivity contribution in [3.05, 3.63) is 71.4 Å². The Bertz CT molecular complexity index is 1360. The molecule has 1 aromatic heterocycles. The normalized spacial score (nSPS) is 14.9. The number of aromatic nitrogens is 1. The number of H-pyrrole nitrogens is 1. The monoisotopic (exact) mass is 562 g/mol. The molecule has 11 nitrogen and oxygen atoms in total. The molecule has 1 saturated heterocycles. The first kappa shape index (κ1) is 29.6. The van der Waals surface area contributed by atoms with Crippen molar-refractivity contribution in [1.29, 1.82) is 0 Å². The van der Waals surface area contributed by atoms with Crippen LogP contribution in [0.4, 0.5) is 4.79 Å². The molecule has 41 heavy (non-hydrogen) atoms. The highest BCUT2D eigenvalue weighted by molar-refractivity contribution is 5.95. The van der Waals surface area contributed by atoms with Gasteiger partial charge in [0, 0.05) is 55.3 Å². The van der Waals surface area contributed by atoms with E-state index in [-0.39, 0.29) is 18.7 Å². The average Bonchev–Trinajstić information content (AvgIpc) is 3.39. The van der Waals surface area contributed by atoms with Gasteiger partial charge in [0.15, 0.2) is 0 Å². The molecular weight excluding hydrogens is 524 g/mol. The number of hydrogen-bond acceptors (Lipinski definition) is 5. The maximum atomic E-state index is 13.4. The van der Waals surface area contributed by atoms with Crippen molar-refractivity contribution in [1.82, 2.24) is 25.4 Å². The van der Waals surface area contributed by atoms with Gasteiger partial charge in [0.05, 0.1) is 0 Å². The third-order valence-electron chi connectivity index (χ3n) is 7.43. The number of aromatic amines is 1. The molecular formula is C30H38N6O5. The number of benzene rings is 2. The fraction of sp³-hybridized carbons (Fsp3) is 0.400. The summed E-state index contributed by atoms with van der Waals surface area (Å²) in [4.78, 5) is 57.9. The smallest absolute Gasteiger partial charge is 0.326 e. The van der Waals surface area contributed by atoms with Gasteiger partial charge in [-0.05, 0) is 56.5 Å². The largest absolute Gasteiger partial charge is 0.480 e. The molecule has 1 aliphatic heterocycles. The Labute approximate surface area is 239 Å². The number of amides is 4. The minimum absolute atomic E-state index is 0.0870. The number of carbonyl (C=O) groups excluding carboxylic acids is 3. The standard InChI is InChI=1S/C30H38N6O5/c1-20-9-11-21(12-10-20)28(38)35-14-16-36(17-15-35)30(41)34-26(18-22-19-32-24-7-3-2-6-23(22)24)27(37)33-25(29(39)40)8-4-5-13-31/h2-3,6-7,9-12,19,25-26,32H,4-5,8,13-18,31H2,1H3,(H,33,37)(H,34,41)(H,39,40). The molecule has 4 amide bonds. The van der Waals surface area contributed by atoms with Crippen molar-refractivity contribution in [2.75, 3.05) is 32.7 Å². The Balaban J connectivity index is 1.43. The molecule has 218 valence electrons. The van der Waals surface area contributed by atoms with E-state index in [1.807, 2.05) is 43.3 Å². The molecule has 0 saturated carbocycles. The molecule has 6 N–H and O–H groups in total. The number of para-hydroxylation sites is 1. The van der Waals surface area contributed by atoms with Crippen molar-refractivity contribution in [3.63, 3.8) is 0 Å². The third kappa shape index (κ3) is 7.63. The molecule has 2 aromatic carbocycles. The Hall–Kier alpha value is -4.38. The zero-order valence-corrected chi connectivity index (χ0v) is 23.3. The van der Waals surface area contributed by atoms with Crippen LogP contribution in [-0.4, -0.2) is 88.5 Å². The topological polar surface area (TPSA) is 161 Å². The number of rotatable bonds is 11. The van der Waals surface area contributed by atoms with Gasteiger partial charge in [-0.2, -0.15) is 0 Å². The summed E-state index contributed by atoms with van der Waals surface area (Å²) >= 11 is 0. The van der Waals surface area contributed by atoms with Crippen LogP contribution in [-0.2, 0) is 16.0 Å². The number of nitrogens with two attached hydrogens (primary N) is 1. The molecule has 2 unspecified atom stereocenters. The summed E-state index contributed by atoms with van der Waals surface area (Å²) in [6, 6.07) is 12.5. The number of aryl methyl sites for hydroxylation is 1. The Morgan fingerprint density at radius 2 is 1.61 bits per heavy atom. The Kier molecular flexibility index (Phi) is 9.96. The number of fused-ring (bicyclic) bond motifs is 1. The summed E-state index contributed by atoms with van der Waals surface area (Å²) in [6.45, 7) is 3.73. The zero-order valence-electron chi connectivity index (χ0n) is 23.3. The summed E-state index contributed by atoms with van der Waals surface area (Å²) in [5.41, 5.74) is 8.92. The van der Waals surface area contributed by atoms with Crippen molar-refractivity contribution >= 4 is 34.7 Å². The van der Waals surface area contributed by atoms with Crippen LogP contribution in [0.5, 0.6) is 0 Å². The van der Waals surface area contributed by atoms with Crippen LogP contribution in [0.3, 0.4) is 0 Å². The van der Waals surface area contributed by atoms with Gasteiger partial charge >= 0.3 is 12.0 Å². The number of carbonyl (C=O) groups is 4. The van der Waals surface area contributed by atoms with Gasteiger partial charge in [-0.3, -0.25) is 9.59 Å². The summed E-state index contributed by atoms with van der Waals surface area (Å²) in [7, 11) is 0. The molecule has 0 aliphatic carbocycles. The molecule has 3 aromatic rings. The Morgan fingerprint density at radius 1 is 0.927 bits per heavy atom. The lowest BCUT2D eigenvalue weighted by Gasteiger charge is -2.35. The predicted octanol–water partition coefficient (Wildman–Crippen LogP) is 2.25. The summed E-state index contributed by atoms with van der Waals surface area (Å²) in [6.07, 6.45) is 3.40. The highest BCUT2D eigenvalue weighted by Crippen LogP contribution is 2.20. The summed E-state index contributed by atoms with van der Waals surface area (Å²) < 4.78 is 0. The number of unbranched alkanes of at least 4 members (excludes halogenated alkanes) is 1. The van der Waals surface area contributed by atoms with E-state index in [1.165, 1.54) is 0 Å². The molecule has 2 atom stereocenters. The van der Waals surface area contributed by atoms with Gasteiger partial charge < -0.3 is 36.3 Å². The van der Waals surface area contributed by atoms with E-state index in [4.69, 9.17) is 5.73 Å². The van der Waals surface area contributed by atoms with Crippen LogP contribution < -0.4 is 16.4 Å². The van der Waals surface area contributed by atoms with Crippen molar-refractivity contribution in [2.24, 2.45) is 5.73 Å². The minimum atomic E-state index is -1.14. The van der Waals surface area contributed by atoms with Crippen LogP contribution in [0, 0.1) is 6.92 Å². The van der Waals surface area contributed by atoms with E-state index in [0.717, 1.165) is 22.0 Å². The molecule has 0 bridgehead atoms. The van der Waals surface area contributed by atoms with Crippen LogP contribution in [0.25, 0.3) is 10.9 Å². The lowest BCUT2D eigenvalue weighted by atomic mass is 10.0. The fourth-order valence-electron chi connectivity index (χ4n) is 4.98. The first-order valence-corrected chi connectivity index (χ1v) is 14.0. The molecule has 4 rings (SSSR count). The van der Waals surface area contributed by atoms with E-state index in [2.05, 4.69) is 15.6 Å². The number of nitrogens with zero attached hydrogens (tertiary/aromatic N) is 2. The fourth-order valence-corrected chi connectivity index (χ4v) is 4.98. The van der Waals surface area contributed by atoms with Crippen LogP contribution in [0.1, 0.15) is 40.7 Å². The lowest BCUT2D eigenvalue weighted by Crippen LogP contribution is -2.58. The van der Waals surface area contributed by atoms with Gasteiger partial charge in [-0.1, -0.05) is 35.9 Å². The molecule has 1 fully saturated rings. The number of hydrogen-bond donors (Lipinski definition) is 5. The second-order valence-corrected chi connectivity index (χ2v) is 10.4. The van der Waals surface area contributed by atoms with Gasteiger partial charge in [-0.15, -0.1) is 0 Å². The molecule has 11 heteroatoms. The summed E-state index contributed by atoms with van der Waals surface area (Å²) in [5.74, 6) is -1.80. The maximum absolute atomic E-state index is 13.4. The van der Waals surface area contributed by atoms with Gasteiger partial charge in [0.2, 0.25) is 5.91 Å². The highest BCUT2D eigenvalue weighted by Gasteiger charge is 2.30. The second kappa shape index (κ2) is 13.8. The molecule has 0 spiro atoms. The van der Waals surface area contributed by atoms with Crippen LogP contribution in [0.2, 0.25) is 0 Å². The predicted molar refractivity (Wildman–Crippen MR) is 155 cm³/mol. The first-order valence-electron chi connectivity index (χ1n) is 14.0. The van der Waals surface area contributed by atoms with Gasteiger partial charge in [-0.25, -0.2) is 9.59 Å². The quantitative estimate of drug-likeness (QED) is 0.225. The van der Waals surface area contributed by atoms with Gasteiger partial charge in [0.25, 0.3) is 5.91 Å². The zero-order chi connectivity index (χ0) is 29.4. The number of aliphatic carboxylic acids is 1. The average molecular weight is 563 g/mol. The van der Waals surface area contributed by atoms with E-state index in [1.54, 1.807) is 28.1 Å². The minimum Gasteiger partial charge on any atom is -0.480 e. The molecule has 0 radical (unpaired) electrons. The van der Waals surface area contributed by atoms with Crippen molar-refractivity contribution in [2.45, 2.75) is 44.7 Å². The van der Waals surface area contributed by atoms with E-state index in [9.17, 15) is 24.3 Å². The van der Waals surface area contributed by atoms with Crippen molar-refractivity contribution < 1.29 is 24.3 Å². The third-order valence-corrected chi connectivity index (χ3v) is 7.43. The van der Waals surface area contributed by atoms with Crippen molar-refractivity contribution in [3.8, 4) is 0 Å². The number of carboxylic acid groups (broad SMARTS) is 1. The maximum Gasteiger partial charge on any atom is 0.326 e. The van der Waals surface area contributed by atoms with E-state index >= 15 is 0 Å². The van der Waals surface area contributed by atoms with Crippen LogP contribution >= 0.6 is 0 Å². The number of carboxylic acids is 1. The van der Waals surface area contributed by atoms with Crippen LogP contribution in [0.15, 0.2) is 54.7 Å². The SMILES string of the molecule is Cc1ccc(C(=O)N2CCN(C(=O)NC(Cc3c[nH]c4ccccc34)C(=O)NC(CCCCN)C(=O)O)CC2)cc1. The lowest BCUT2D eigenvalue weighted by molar-refractivity contribution is -0.142. The summed E-state index contributed by atoms with van der Waals surface area (Å²) in [5, 5.41) is 16.0. The van der Waals surface area contributed by atoms with E-state index < -0.39 is 30.0 Å². The number of piperazine rings is 1. The molecule has 2 heterocycles.